The second-order valence-electron chi connectivity index (χ2n) is 4.83. The molecule has 0 spiro atoms. The van der Waals surface area contributed by atoms with Gasteiger partial charge in [-0.15, -0.1) is 0 Å². The number of benzene rings is 2. The van der Waals surface area contributed by atoms with Gasteiger partial charge in [0, 0.05) is 18.2 Å². The van der Waals surface area contributed by atoms with E-state index in [1.807, 2.05) is 0 Å². The van der Waals surface area contributed by atoms with E-state index in [4.69, 9.17) is 9.15 Å². The molecule has 0 amide bonds. The molecule has 3 rings (SSSR count). The highest BCUT2D eigenvalue weighted by atomic mass is 16.5. The fourth-order valence-corrected chi connectivity index (χ4v) is 2.33. The minimum Gasteiger partial charge on any atom is -0.508 e. The van der Waals surface area contributed by atoms with Crippen molar-refractivity contribution in [2.75, 3.05) is 7.11 Å². The summed E-state index contributed by atoms with van der Waals surface area (Å²) in [5, 5.41) is 38.9. The molecular formula is C16H12O7. The van der Waals surface area contributed by atoms with Gasteiger partial charge in [0.2, 0.25) is 5.75 Å². The Kier molecular flexibility index (Phi) is 3.25. The number of ether oxygens (including phenoxy) is 1. The summed E-state index contributed by atoms with van der Waals surface area (Å²) in [5.41, 5.74) is -0.475. The SMILES string of the molecule is COc1c(O)cc2oc(-c3ccc(O)cc3O)cc(=O)c2c1O. The van der Waals surface area contributed by atoms with Gasteiger partial charge in [0.05, 0.1) is 12.7 Å². The van der Waals surface area contributed by atoms with E-state index in [2.05, 4.69) is 0 Å². The fraction of sp³-hybridized carbons (Fsp3) is 0.0625. The molecule has 7 nitrogen and oxygen atoms in total. The summed E-state index contributed by atoms with van der Waals surface area (Å²) >= 11 is 0. The summed E-state index contributed by atoms with van der Waals surface area (Å²) < 4.78 is 10.3. The second kappa shape index (κ2) is 5.13. The van der Waals surface area contributed by atoms with Crippen LogP contribution >= 0.6 is 0 Å². The third kappa shape index (κ3) is 2.28. The Labute approximate surface area is 129 Å². The van der Waals surface area contributed by atoms with E-state index in [0.717, 1.165) is 18.2 Å². The first-order chi connectivity index (χ1) is 10.9. The molecule has 0 unspecified atom stereocenters. The van der Waals surface area contributed by atoms with Crippen molar-refractivity contribution < 1.29 is 29.6 Å². The molecule has 0 atom stereocenters. The molecule has 1 heterocycles. The number of phenolic OH excluding ortho intramolecular Hbond substituents is 4. The van der Waals surface area contributed by atoms with Crippen LogP contribution < -0.4 is 10.2 Å². The fourth-order valence-electron chi connectivity index (χ4n) is 2.33. The van der Waals surface area contributed by atoms with Gasteiger partial charge in [-0.1, -0.05) is 0 Å². The molecule has 3 aromatic rings. The van der Waals surface area contributed by atoms with Crippen LogP contribution in [0.2, 0.25) is 0 Å². The smallest absolute Gasteiger partial charge is 0.203 e. The largest absolute Gasteiger partial charge is 0.508 e. The van der Waals surface area contributed by atoms with E-state index in [0.29, 0.717) is 0 Å². The minimum atomic E-state index is -0.579. The maximum Gasteiger partial charge on any atom is 0.203 e. The van der Waals surface area contributed by atoms with Crippen molar-refractivity contribution in [3.05, 3.63) is 40.6 Å². The molecule has 23 heavy (non-hydrogen) atoms. The molecule has 0 aliphatic heterocycles. The Bertz CT molecular complexity index is 972. The van der Waals surface area contributed by atoms with E-state index in [-0.39, 0.29) is 39.5 Å². The number of rotatable bonds is 2. The Morgan fingerprint density at radius 3 is 2.39 bits per heavy atom. The zero-order valence-electron chi connectivity index (χ0n) is 11.9. The van der Waals surface area contributed by atoms with Gasteiger partial charge in [-0.3, -0.25) is 4.79 Å². The van der Waals surface area contributed by atoms with Crippen molar-refractivity contribution in [3.63, 3.8) is 0 Å². The van der Waals surface area contributed by atoms with E-state index >= 15 is 0 Å². The first-order valence-corrected chi connectivity index (χ1v) is 6.51. The highest BCUT2D eigenvalue weighted by Crippen LogP contribution is 2.42. The van der Waals surface area contributed by atoms with Gasteiger partial charge in [-0.25, -0.2) is 0 Å². The Morgan fingerprint density at radius 1 is 1.00 bits per heavy atom. The minimum absolute atomic E-state index is 0.0176. The molecule has 0 aliphatic carbocycles. The van der Waals surface area contributed by atoms with Gasteiger partial charge in [-0.05, 0) is 12.1 Å². The van der Waals surface area contributed by atoms with Crippen molar-refractivity contribution in [2.24, 2.45) is 0 Å². The van der Waals surface area contributed by atoms with Gasteiger partial charge in [0.1, 0.15) is 28.2 Å². The van der Waals surface area contributed by atoms with Crippen molar-refractivity contribution in [1.82, 2.24) is 0 Å². The van der Waals surface area contributed by atoms with Crippen molar-refractivity contribution in [3.8, 4) is 40.1 Å². The zero-order chi connectivity index (χ0) is 16.7. The van der Waals surface area contributed by atoms with Crippen LogP contribution in [0.25, 0.3) is 22.3 Å². The maximum atomic E-state index is 12.3. The number of aromatic hydroxyl groups is 4. The molecule has 0 aliphatic rings. The zero-order valence-corrected chi connectivity index (χ0v) is 11.9. The summed E-state index contributed by atoms with van der Waals surface area (Å²) in [5.74, 6) is -1.57. The van der Waals surface area contributed by atoms with Crippen LogP contribution in [0.15, 0.2) is 39.5 Å². The maximum absolute atomic E-state index is 12.3. The van der Waals surface area contributed by atoms with E-state index in [1.54, 1.807) is 0 Å². The highest BCUT2D eigenvalue weighted by molar-refractivity contribution is 5.89. The molecule has 118 valence electrons. The molecule has 0 fully saturated rings. The van der Waals surface area contributed by atoms with Crippen LogP contribution in [-0.4, -0.2) is 27.5 Å². The van der Waals surface area contributed by atoms with Gasteiger partial charge >= 0.3 is 0 Å². The lowest BCUT2D eigenvalue weighted by molar-refractivity contribution is 0.346. The van der Waals surface area contributed by atoms with Crippen molar-refractivity contribution in [1.29, 1.82) is 0 Å². The summed E-state index contributed by atoms with van der Waals surface area (Å²) in [6.45, 7) is 0. The van der Waals surface area contributed by atoms with Gasteiger partial charge in [0.25, 0.3) is 0 Å². The molecule has 1 aromatic heterocycles. The normalized spacial score (nSPS) is 10.8. The lowest BCUT2D eigenvalue weighted by atomic mass is 10.1. The average Bonchev–Trinajstić information content (AvgIpc) is 2.46. The van der Waals surface area contributed by atoms with Crippen LogP contribution in [0.4, 0.5) is 0 Å². The summed E-state index contributed by atoms with van der Waals surface area (Å²) in [6.07, 6.45) is 0. The number of fused-ring (bicyclic) bond motifs is 1. The van der Waals surface area contributed by atoms with Crippen LogP contribution in [0.5, 0.6) is 28.7 Å². The van der Waals surface area contributed by atoms with E-state index < -0.39 is 16.9 Å². The Hall–Kier alpha value is -3.35. The molecule has 0 radical (unpaired) electrons. The highest BCUT2D eigenvalue weighted by Gasteiger charge is 2.19. The topological polar surface area (TPSA) is 120 Å². The molecule has 4 N–H and O–H groups in total. The van der Waals surface area contributed by atoms with Crippen LogP contribution in [-0.2, 0) is 0 Å². The summed E-state index contributed by atoms with van der Waals surface area (Å²) in [4.78, 5) is 12.3. The van der Waals surface area contributed by atoms with Gasteiger partial charge in [0.15, 0.2) is 16.9 Å². The third-order valence-electron chi connectivity index (χ3n) is 3.38. The van der Waals surface area contributed by atoms with Crippen LogP contribution in [0.1, 0.15) is 0 Å². The molecule has 0 bridgehead atoms. The molecular weight excluding hydrogens is 304 g/mol. The van der Waals surface area contributed by atoms with Crippen LogP contribution in [0.3, 0.4) is 0 Å². The standard InChI is InChI=1S/C16H12O7/c1-22-16-11(20)6-13-14(15(16)21)10(19)5-12(23-13)8-3-2-7(17)4-9(8)18/h2-6,17-18,20-21H,1H3. The number of methoxy groups -OCH3 is 1. The molecule has 0 saturated heterocycles. The second-order valence-corrected chi connectivity index (χ2v) is 4.83. The number of hydrogen-bond acceptors (Lipinski definition) is 7. The van der Waals surface area contributed by atoms with Gasteiger partial charge in [-0.2, -0.15) is 0 Å². The molecule has 0 saturated carbocycles. The summed E-state index contributed by atoms with van der Waals surface area (Å²) in [6, 6.07) is 6.02. The van der Waals surface area contributed by atoms with E-state index in [1.165, 1.54) is 19.2 Å². The lowest BCUT2D eigenvalue weighted by Gasteiger charge is -2.10. The summed E-state index contributed by atoms with van der Waals surface area (Å²) in [7, 11) is 1.24. The first kappa shape index (κ1) is 14.6. The van der Waals surface area contributed by atoms with Crippen molar-refractivity contribution in [2.45, 2.75) is 0 Å². The van der Waals surface area contributed by atoms with E-state index in [9.17, 15) is 25.2 Å². The Balaban J connectivity index is 2.33. The predicted octanol–water partition coefficient (Wildman–Crippen LogP) is 2.29. The number of phenols is 4. The first-order valence-electron chi connectivity index (χ1n) is 6.51. The third-order valence-corrected chi connectivity index (χ3v) is 3.38. The molecule has 2 aromatic carbocycles. The van der Waals surface area contributed by atoms with Gasteiger partial charge < -0.3 is 29.6 Å². The lowest BCUT2D eigenvalue weighted by Crippen LogP contribution is -2.02. The number of hydrogen-bond donors (Lipinski definition) is 4. The monoisotopic (exact) mass is 316 g/mol. The Morgan fingerprint density at radius 2 is 1.74 bits per heavy atom. The van der Waals surface area contributed by atoms with Crippen LogP contribution in [0, 0.1) is 0 Å². The predicted molar refractivity (Wildman–Crippen MR) is 81.1 cm³/mol. The molecule has 7 heteroatoms. The van der Waals surface area contributed by atoms with Crippen molar-refractivity contribution >= 4 is 11.0 Å². The average molecular weight is 316 g/mol. The quantitative estimate of drug-likeness (QED) is 0.572.